The zero-order valence-electron chi connectivity index (χ0n) is 11.2. The van der Waals surface area contributed by atoms with Crippen LogP contribution in [0.5, 0.6) is 0 Å². The number of carboxylic acids is 1. The normalized spacial score (nSPS) is 10.4. The summed E-state index contributed by atoms with van der Waals surface area (Å²) in [6.07, 6.45) is 4.42. The standard InChI is InChI=1S/C13H9N7O2/c14-19-17-12-13(16-5-4-15-12)20-7-9-3-1-2-8(6-10(21)22)11(9)18-20/h1-5,7H,6H2,(H,21,22). The molecule has 0 unspecified atom stereocenters. The van der Waals surface area contributed by atoms with E-state index in [1.54, 1.807) is 18.3 Å². The number of rotatable bonds is 4. The van der Waals surface area contributed by atoms with Gasteiger partial charge >= 0.3 is 5.97 Å². The van der Waals surface area contributed by atoms with Crippen LogP contribution in [-0.2, 0) is 11.2 Å². The van der Waals surface area contributed by atoms with Gasteiger partial charge in [-0.2, -0.15) is 5.10 Å². The van der Waals surface area contributed by atoms with Crippen LogP contribution in [-0.4, -0.2) is 30.8 Å². The van der Waals surface area contributed by atoms with Gasteiger partial charge in [-0.15, -0.1) is 0 Å². The summed E-state index contributed by atoms with van der Waals surface area (Å²) in [6, 6.07) is 5.28. The van der Waals surface area contributed by atoms with Crippen LogP contribution in [0.15, 0.2) is 41.9 Å². The Labute approximate surface area is 123 Å². The number of hydrogen-bond acceptors (Lipinski definition) is 5. The van der Waals surface area contributed by atoms with Crippen molar-refractivity contribution in [3.8, 4) is 5.82 Å². The number of nitrogens with zero attached hydrogens (tertiary/aromatic N) is 7. The number of carbonyl (C=O) groups is 1. The smallest absolute Gasteiger partial charge is 0.307 e. The fraction of sp³-hybridized carbons (Fsp3) is 0.0769. The second-order valence-electron chi connectivity index (χ2n) is 4.39. The number of aromatic nitrogens is 4. The van der Waals surface area contributed by atoms with Crippen molar-refractivity contribution in [1.82, 2.24) is 19.7 Å². The van der Waals surface area contributed by atoms with E-state index in [2.05, 4.69) is 25.1 Å². The minimum Gasteiger partial charge on any atom is -0.481 e. The molecule has 0 spiro atoms. The number of fused-ring (bicyclic) bond motifs is 1. The average molecular weight is 295 g/mol. The lowest BCUT2D eigenvalue weighted by Crippen LogP contribution is -2.02. The molecule has 9 heteroatoms. The third-order valence-corrected chi connectivity index (χ3v) is 2.98. The SMILES string of the molecule is [N-]=[N+]=Nc1nccnc1-n1cc2cccc(CC(=O)O)c2n1. The topological polar surface area (TPSA) is 130 Å². The highest BCUT2D eigenvalue weighted by molar-refractivity contribution is 5.85. The monoisotopic (exact) mass is 295 g/mol. The molecular weight excluding hydrogens is 286 g/mol. The molecule has 108 valence electrons. The van der Waals surface area contributed by atoms with Gasteiger partial charge in [0, 0.05) is 28.9 Å². The molecule has 3 aromatic rings. The van der Waals surface area contributed by atoms with Crippen molar-refractivity contribution in [3.05, 3.63) is 52.8 Å². The average Bonchev–Trinajstić information content (AvgIpc) is 2.92. The van der Waals surface area contributed by atoms with Crippen molar-refractivity contribution >= 4 is 22.7 Å². The van der Waals surface area contributed by atoms with Crippen LogP contribution in [0, 0.1) is 0 Å². The minimum atomic E-state index is -0.934. The van der Waals surface area contributed by atoms with Crippen molar-refractivity contribution in [3.63, 3.8) is 0 Å². The fourth-order valence-electron chi connectivity index (χ4n) is 2.12. The molecule has 1 aromatic carbocycles. The number of aliphatic carboxylic acids is 1. The van der Waals surface area contributed by atoms with Crippen LogP contribution in [0.3, 0.4) is 0 Å². The van der Waals surface area contributed by atoms with Crippen molar-refractivity contribution < 1.29 is 9.90 Å². The molecule has 0 atom stereocenters. The van der Waals surface area contributed by atoms with Gasteiger partial charge in [0.2, 0.25) is 0 Å². The summed E-state index contributed by atoms with van der Waals surface area (Å²) in [5.41, 5.74) is 9.72. The quantitative estimate of drug-likeness (QED) is 0.448. The number of hydrogen-bond donors (Lipinski definition) is 1. The summed E-state index contributed by atoms with van der Waals surface area (Å²) >= 11 is 0. The molecule has 0 aliphatic rings. The Morgan fingerprint density at radius 1 is 1.36 bits per heavy atom. The van der Waals surface area contributed by atoms with E-state index in [4.69, 9.17) is 10.6 Å². The van der Waals surface area contributed by atoms with Gasteiger partial charge in [-0.25, -0.2) is 14.6 Å². The molecule has 0 aliphatic carbocycles. The summed E-state index contributed by atoms with van der Waals surface area (Å²) in [5.74, 6) is -0.563. The Morgan fingerprint density at radius 3 is 2.95 bits per heavy atom. The first kappa shape index (κ1) is 13.5. The van der Waals surface area contributed by atoms with Gasteiger partial charge in [-0.3, -0.25) is 4.79 Å². The molecule has 9 nitrogen and oxygen atoms in total. The van der Waals surface area contributed by atoms with Gasteiger partial charge in [0.05, 0.1) is 11.9 Å². The molecule has 0 amide bonds. The lowest BCUT2D eigenvalue weighted by Gasteiger charge is -2.01. The third-order valence-electron chi connectivity index (χ3n) is 2.98. The van der Waals surface area contributed by atoms with Crippen molar-refractivity contribution in [2.45, 2.75) is 6.42 Å². The van der Waals surface area contributed by atoms with E-state index in [9.17, 15) is 4.79 Å². The lowest BCUT2D eigenvalue weighted by molar-refractivity contribution is -0.136. The Bertz CT molecular complexity index is 912. The molecule has 0 saturated heterocycles. The molecule has 0 radical (unpaired) electrons. The summed E-state index contributed by atoms with van der Waals surface area (Å²) < 4.78 is 1.42. The summed E-state index contributed by atoms with van der Waals surface area (Å²) in [7, 11) is 0. The molecule has 0 saturated carbocycles. The van der Waals surface area contributed by atoms with Crippen LogP contribution in [0.25, 0.3) is 27.2 Å². The molecule has 0 bridgehead atoms. The Kier molecular flexibility index (Phi) is 3.39. The fourth-order valence-corrected chi connectivity index (χ4v) is 2.12. The maximum absolute atomic E-state index is 10.9. The molecule has 22 heavy (non-hydrogen) atoms. The molecule has 0 aliphatic heterocycles. The van der Waals surface area contributed by atoms with E-state index < -0.39 is 5.97 Å². The molecule has 2 aromatic heterocycles. The zero-order valence-corrected chi connectivity index (χ0v) is 11.2. The van der Waals surface area contributed by atoms with E-state index in [1.165, 1.54) is 17.1 Å². The predicted octanol–water partition coefficient (Wildman–Crippen LogP) is 2.38. The predicted molar refractivity (Wildman–Crippen MR) is 76.8 cm³/mol. The van der Waals surface area contributed by atoms with Crippen LogP contribution in [0.4, 0.5) is 5.82 Å². The molecule has 3 rings (SSSR count). The van der Waals surface area contributed by atoms with Crippen molar-refractivity contribution in [2.24, 2.45) is 5.11 Å². The Balaban J connectivity index is 2.17. The largest absolute Gasteiger partial charge is 0.481 e. The Hall–Kier alpha value is -3.45. The summed E-state index contributed by atoms with van der Waals surface area (Å²) in [4.78, 5) is 21.7. The third kappa shape index (κ3) is 2.43. The first-order valence-corrected chi connectivity index (χ1v) is 6.24. The van der Waals surface area contributed by atoms with Gasteiger partial charge in [0.15, 0.2) is 11.6 Å². The zero-order chi connectivity index (χ0) is 15.5. The first-order chi connectivity index (χ1) is 10.7. The van der Waals surface area contributed by atoms with Crippen LogP contribution in [0.2, 0.25) is 0 Å². The first-order valence-electron chi connectivity index (χ1n) is 6.24. The van der Waals surface area contributed by atoms with Crippen molar-refractivity contribution in [1.29, 1.82) is 0 Å². The minimum absolute atomic E-state index is 0.0950. The molecule has 1 N–H and O–H groups in total. The van der Waals surface area contributed by atoms with Crippen molar-refractivity contribution in [2.75, 3.05) is 0 Å². The molecule has 2 heterocycles. The summed E-state index contributed by atoms with van der Waals surface area (Å²) in [6.45, 7) is 0. The second kappa shape index (κ2) is 5.51. The second-order valence-corrected chi connectivity index (χ2v) is 4.39. The highest BCUT2D eigenvalue weighted by atomic mass is 16.4. The highest BCUT2D eigenvalue weighted by Crippen LogP contribution is 2.22. The van der Waals surface area contributed by atoms with E-state index in [-0.39, 0.29) is 18.1 Å². The number of azide groups is 1. The Morgan fingerprint density at radius 2 is 2.18 bits per heavy atom. The van der Waals surface area contributed by atoms with E-state index in [0.717, 1.165) is 5.39 Å². The lowest BCUT2D eigenvalue weighted by atomic mass is 10.1. The highest BCUT2D eigenvalue weighted by Gasteiger charge is 2.12. The van der Waals surface area contributed by atoms with Gasteiger partial charge in [-0.05, 0) is 16.2 Å². The number of carboxylic acid groups (broad SMARTS) is 1. The maximum atomic E-state index is 10.9. The van der Waals surface area contributed by atoms with Crippen LogP contribution in [0.1, 0.15) is 5.56 Å². The molecular formula is C13H9N7O2. The van der Waals surface area contributed by atoms with Gasteiger partial charge in [0.25, 0.3) is 0 Å². The molecule has 0 fully saturated rings. The van der Waals surface area contributed by atoms with Gasteiger partial charge in [-0.1, -0.05) is 18.2 Å². The van der Waals surface area contributed by atoms with Gasteiger partial charge in [0.1, 0.15) is 0 Å². The van der Waals surface area contributed by atoms with E-state index in [0.29, 0.717) is 11.1 Å². The number of benzene rings is 1. The van der Waals surface area contributed by atoms with Crippen LogP contribution < -0.4 is 0 Å². The van der Waals surface area contributed by atoms with Gasteiger partial charge < -0.3 is 5.11 Å². The van der Waals surface area contributed by atoms with E-state index in [1.807, 2.05) is 6.07 Å². The maximum Gasteiger partial charge on any atom is 0.307 e. The van der Waals surface area contributed by atoms with Crippen LogP contribution >= 0.6 is 0 Å². The van der Waals surface area contributed by atoms with E-state index >= 15 is 0 Å². The summed E-state index contributed by atoms with van der Waals surface area (Å²) in [5, 5.41) is 17.5.